The molecule has 1 aliphatic heterocycles. The van der Waals surface area contributed by atoms with Crippen LogP contribution >= 0.6 is 23.2 Å². The van der Waals surface area contributed by atoms with Gasteiger partial charge >= 0.3 is 0 Å². The molecule has 5 nitrogen and oxygen atoms in total. The number of para-hydroxylation sites is 1. The number of rotatable bonds is 3. The lowest BCUT2D eigenvalue weighted by Crippen LogP contribution is -2.62. The summed E-state index contributed by atoms with van der Waals surface area (Å²) < 4.78 is 0. The average molecular weight is 468 g/mol. The third-order valence-corrected chi connectivity index (χ3v) is 6.31. The van der Waals surface area contributed by atoms with Crippen LogP contribution in [0.25, 0.3) is 0 Å². The zero-order valence-corrected chi connectivity index (χ0v) is 19.2. The molecule has 0 saturated heterocycles. The van der Waals surface area contributed by atoms with Gasteiger partial charge in [-0.25, -0.2) is 0 Å². The van der Waals surface area contributed by atoms with E-state index in [2.05, 4.69) is 5.32 Å². The Labute approximate surface area is 197 Å². The number of nitrogens with two attached hydrogens (primary N) is 1. The van der Waals surface area contributed by atoms with Gasteiger partial charge in [-0.15, -0.1) is 0 Å². The number of carbonyl (C=O) groups is 2. The topological polar surface area (TPSA) is 75.4 Å². The first-order valence-electron chi connectivity index (χ1n) is 10.2. The van der Waals surface area contributed by atoms with E-state index in [1.54, 1.807) is 47.4 Å². The zero-order chi connectivity index (χ0) is 23.0. The Bertz CT molecular complexity index is 1170. The Balaban J connectivity index is 1.57. The molecule has 4 rings (SSSR count). The van der Waals surface area contributed by atoms with Gasteiger partial charge in [0.2, 0.25) is 0 Å². The Morgan fingerprint density at radius 2 is 1.59 bits per heavy atom. The maximum Gasteiger partial charge on any atom is 0.258 e. The largest absolute Gasteiger partial charge is 0.325 e. The van der Waals surface area contributed by atoms with E-state index in [0.29, 0.717) is 33.3 Å². The van der Waals surface area contributed by atoms with Crippen LogP contribution in [0, 0.1) is 0 Å². The number of anilines is 2. The molecule has 1 atom stereocenters. The number of carbonyl (C=O) groups excluding carboxylic acids is 2. The second-order valence-electron chi connectivity index (χ2n) is 8.42. The smallest absolute Gasteiger partial charge is 0.258 e. The summed E-state index contributed by atoms with van der Waals surface area (Å²) in [5.74, 6) is -0.484. The number of nitrogens with zero attached hydrogens (tertiary/aromatic N) is 1. The Hall–Kier alpha value is -2.86. The van der Waals surface area contributed by atoms with Crippen molar-refractivity contribution in [2.24, 2.45) is 5.73 Å². The van der Waals surface area contributed by atoms with E-state index in [4.69, 9.17) is 28.9 Å². The van der Waals surface area contributed by atoms with E-state index in [-0.39, 0.29) is 17.9 Å². The van der Waals surface area contributed by atoms with Crippen LogP contribution in [0.1, 0.15) is 40.1 Å². The monoisotopic (exact) mass is 467 g/mol. The second-order valence-corrected chi connectivity index (χ2v) is 9.30. The number of fused-ring (bicyclic) bond motifs is 1. The maximum atomic E-state index is 13.5. The highest BCUT2D eigenvalue weighted by atomic mass is 35.5. The SMILES string of the molecule is CC1(C)C(N)Cc2ccccc2N1C(=O)c1ccc(NC(=O)c2cc(Cl)cc(Cl)c2)cc1. The van der Waals surface area contributed by atoms with E-state index >= 15 is 0 Å². The lowest BCUT2D eigenvalue weighted by molar-refractivity contribution is 0.0949. The van der Waals surface area contributed by atoms with Gasteiger partial charge < -0.3 is 16.0 Å². The summed E-state index contributed by atoms with van der Waals surface area (Å²) in [6.07, 6.45) is 0.714. The Morgan fingerprint density at radius 3 is 2.25 bits per heavy atom. The fourth-order valence-electron chi connectivity index (χ4n) is 3.95. The van der Waals surface area contributed by atoms with Gasteiger partial charge in [-0.05, 0) is 74.4 Å². The molecule has 0 bridgehead atoms. The fraction of sp³-hybridized carbons (Fsp3) is 0.200. The highest BCUT2D eigenvalue weighted by Crippen LogP contribution is 2.37. The number of hydrogen-bond acceptors (Lipinski definition) is 3. The molecule has 3 N–H and O–H groups in total. The van der Waals surface area contributed by atoms with Gasteiger partial charge in [-0.2, -0.15) is 0 Å². The van der Waals surface area contributed by atoms with Crippen molar-refractivity contribution in [2.45, 2.75) is 31.8 Å². The van der Waals surface area contributed by atoms with Gasteiger partial charge in [0, 0.05) is 38.6 Å². The van der Waals surface area contributed by atoms with Crippen LogP contribution in [0.15, 0.2) is 66.7 Å². The number of nitrogens with one attached hydrogen (secondary N) is 1. The van der Waals surface area contributed by atoms with Crippen molar-refractivity contribution in [3.63, 3.8) is 0 Å². The van der Waals surface area contributed by atoms with Gasteiger partial charge in [0.25, 0.3) is 11.8 Å². The fourth-order valence-corrected chi connectivity index (χ4v) is 4.48. The van der Waals surface area contributed by atoms with E-state index in [1.807, 2.05) is 38.1 Å². The molecule has 0 saturated carbocycles. The zero-order valence-electron chi connectivity index (χ0n) is 17.7. The summed E-state index contributed by atoms with van der Waals surface area (Å²) in [6.45, 7) is 3.96. The molecule has 7 heteroatoms. The third kappa shape index (κ3) is 4.24. The molecule has 3 aromatic carbocycles. The lowest BCUT2D eigenvalue weighted by atomic mass is 9.82. The van der Waals surface area contributed by atoms with Gasteiger partial charge in [-0.1, -0.05) is 41.4 Å². The summed E-state index contributed by atoms with van der Waals surface area (Å²) >= 11 is 12.0. The Morgan fingerprint density at radius 1 is 0.969 bits per heavy atom. The number of amides is 2. The van der Waals surface area contributed by atoms with Crippen molar-refractivity contribution in [2.75, 3.05) is 10.2 Å². The summed E-state index contributed by atoms with van der Waals surface area (Å²) in [5, 5.41) is 3.56. The lowest BCUT2D eigenvalue weighted by Gasteiger charge is -2.47. The van der Waals surface area contributed by atoms with Gasteiger partial charge in [-0.3, -0.25) is 9.59 Å². The van der Waals surface area contributed by atoms with Gasteiger partial charge in [0.05, 0.1) is 5.54 Å². The van der Waals surface area contributed by atoms with Gasteiger partial charge in [0.1, 0.15) is 0 Å². The van der Waals surface area contributed by atoms with E-state index in [1.165, 1.54) is 0 Å². The van der Waals surface area contributed by atoms with Crippen molar-refractivity contribution in [1.82, 2.24) is 0 Å². The first-order valence-corrected chi connectivity index (χ1v) is 11.0. The van der Waals surface area contributed by atoms with Crippen molar-refractivity contribution < 1.29 is 9.59 Å². The number of benzene rings is 3. The minimum absolute atomic E-state index is 0.142. The first kappa shape index (κ1) is 22.3. The van der Waals surface area contributed by atoms with Crippen LogP contribution in [0.3, 0.4) is 0 Å². The van der Waals surface area contributed by atoms with Gasteiger partial charge in [0.15, 0.2) is 0 Å². The summed E-state index contributed by atoms with van der Waals surface area (Å²) in [5.41, 5.74) is 9.21. The molecule has 0 spiro atoms. The minimum atomic E-state index is -0.551. The first-order chi connectivity index (χ1) is 15.2. The number of hydrogen-bond donors (Lipinski definition) is 2. The standard InChI is InChI=1S/C25H23Cl2N3O2/c1-25(2)22(28)13-16-5-3-4-6-21(16)30(25)24(32)15-7-9-20(10-8-15)29-23(31)17-11-18(26)14-19(27)12-17/h3-12,14,22H,13,28H2,1-2H3,(H,29,31). The summed E-state index contributed by atoms with van der Waals surface area (Å²) in [4.78, 5) is 27.8. The molecule has 164 valence electrons. The molecule has 0 radical (unpaired) electrons. The van der Waals surface area contributed by atoms with Crippen molar-refractivity contribution in [1.29, 1.82) is 0 Å². The number of halogens is 2. The van der Waals surface area contributed by atoms with E-state index in [0.717, 1.165) is 11.3 Å². The van der Waals surface area contributed by atoms with Crippen LogP contribution in [0.2, 0.25) is 10.0 Å². The van der Waals surface area contributed by atoms with Crippen molar-refractivity contribution >= 4 is 46.4 Å². The predicted molar refractivity (Wildman–Crippen MR) is 130 cm³/mol. The van der Waals surface area contributed by atoms with Crippen LogP contribution in [0.4, 0.5) is 11.4 Å². The summed E-state index contributed by atoms with van der Waals surface area (Å²) in [6, 6.07) is 19.1. The molecular formula is C25H23Cl2N3O2. The van der Waals surface area contributed by atoms with Crippen LogP contribution in [-0.2, 0) is 6.42 Å². The highest BCUT2D eigenvalue weighted by molar-refractivity contribution is 6.35. The maximum absolute atomic E-state index is 13.5. The molecule has 1 unspecified atom stereocenters. The second kappa shape index (κ2) is 8.58. The molecule has 3 aromatic rings. The van der Waals surface area contributed by atoms with Crippen LogP contribution in [-0.4, -0.2) is 23.4 Å². The summed E-state index contributed by atoms with van der Waals surface area (Å²) in [7, 11) is 0. The normalized spacial score (nSPS) is 16.9. The molecule has 0 aromatic heterocycles. The quantitative estimate of drug-likeness (QED) is 0.529. The molecule has 2 amide bonds. The molecule has 0 aliphatic carbocycles. The molecule has 1 heterocycles. The molecule has 1 aliphatic rings. The van der Waals surface area contributed by atoms with E-state index < -0.39 is 5.54 Å². The minimum Gasteiger partial charge on any atom is -0.325 e. The third-order valence-electron chi connectivity index (χ3n) is 5.87. The Kier molecular flexibility index (Phi) is 5.99. The van der Waals surface area contributed by atoms with Crippen LogP contribution < -0.4 is 16.0 Å². The molecule has 32 heavy (non-hydrogen) atoms. The van der Waals surface area contributed by atoms with Crippen LogP contribution in [0.5, 0.6) is 0 Å². The van der Waals surface area contributed by atoms with Crippen molar-refractivity contribution in [3.8, 4) is 0 Å². The predicted octanol–water partition coefficient (Wildman–Crippen LogP) is 5.55. The van der Waals surface area contributed by atoms with Crippen molar-refractivity contribution in [3.05, 3.63) is 93.5 Å². The van der Waals surface area contributed by atoms with E-state index in [9.17, 15) is 9.59 Å². The molecule has 0 fully saturated rings. The highest BCUT2D eigenvalue weighted by Gasteiger charge is 2.42. The average Bonchev–Trinajstić information content (AvgIpc) is 2.74. The molecular weight excluding hydrogens is 445 g/mol.